The zero-order chi connectivity index (χ0) is 27.7. The van der Waals surface area contributed by atoms with E-state index >= 15 is 0 Å². The van der Waals surface area contributed by atoms with E-state index in [9.17, 15) is 24.6 Å². The molecule has 11 heteroatoms. The summed E-state index contributed by atoms with van der Waals surface area (Å²) >= 11 is 2.01. The summed E-state index contributed by atoms with van der Waals surface area (Å²) in [5.41, 5.74) is 1.46. The molecule has 0 saturated carbocycles. The summed E-state index contributed by atoms with van der Waals surface area (Å²) in [6, 6.07) is 4.11. The quantitative estimate of drug-likeness (QED) is 0.225. The van der Waals surface area contributed by atoms with Crippen molar-refractivity contribution >= 4 is 40.7 Å². The zero-order valence-electron chi connectivity index (χ0n) is 21.4. The molecule has 1 heterocycles. The second-order valence-corrected chi connectivity index (χ2v) is 10.1. The summed E-state index contributed by atoms with van der Waals surface area (Å²) in [6.07, 6.45) is 4.96. The Hall–Kier alpha value is -2.90. The highest BCUT2D eigenvalue weighted by Crippen LogP contribution is 2.37. The number of benzene rings is 1. The molecule has 1 aromatic heterocycles. The number of hydrogen-bond donors (Lipinski definition) is 3. The summed E-state index contributed by atoms with van der Waals surface area (Å²) in [6.45, 7) is 2.01. The predicted molar refractivity (Wildman–Crippen MR) is 147 cm³/mol. The van der Waals surface area contributed by atoms with E-state index in [1.54, 1.807) is 17.0 Å². The molecule has 1 aliphatic rings. The van der Waals surface area contributed by atoms with Gasteiger partial charge >= 0.3 is 0 Å². The molecular formula is C27H33IN2O8. The Bertz CT molecular complexity index is 1130. The molecule has 0 spiro atoms. The summed E-state index contributed by atoms with van der Waals surface area (Å²) in [5.74, 6) is 0.0119. The molecule has 0 saturated heterocycles. The first-order chi connectivity index (χ1) is 18.3. The van der Waals surface area contributed by atoms with Gasteiger partial charge in [0.05, 0.1) is 35.9 Å². The first kappa shape index (κ1) is 29.7. The van der Waals surface area contributed by atoms with Crippen LogP contribution in [-0.4, -0.2) is 71.7 Å². The van der Waals surface area contributed by atoms with E-state index in [2.05, 4.69) is 5.32 Å². The Kier molecular flexibility index (Phi) is 11.2. The van der Waals surface area contributed by atoms with Gasteiger partial charge in [0.25, 0.3) is 0 Å². The Morgan fingerprint density at radius 2 is 2.13 bits per heavy atom. The lowest BCUT2D eigenvalue weighted by molar-refractivity contribution is -0.139. The summed E-state index contributed by atoms with van der Waals surface area (Å²) in [7, 11) is 1.44. The van der Waals surface area contributed by atoms with Crippen molar-refractivity contribution in [1.82, 2.24) is 10.2 Å². The SMILES string of the molecule is CCCCC(=O)N(Cc1ccoc1)C1CC(C(=O)NCCO)=CC(Oc2c(I)cc(C=O)cc2OC)C1O. The van der Waals surface area contributed by atoms with Gasteiger partial charge in [0.2, 0.25) is 11.8 Å². The third-order valence-corrected chi connectivity index (χ3v) is 7.06. The van der Waals surface area contributed by atoms with E-state index in [1.165, 1.54) is 31.8 Å². The fourth-order valence-corrected chi connectivity index (χ4v) is 5.03. The number of carbonyl (C=O) groups is 3. The normalized spacial score (nSPS) is 18.9. The number of rotatable bonds is 13. The van der Waals surface area contributed by atoms with Crippen LogP contribution < -0.4 is 14.8 Å². The second kappa shape index (κ2) is 14.3. The second-order valence-electron chi connectivity index (χ2n) is 8.92. The highest BCUT2D eigenvalue weighted by atomic mass is 127. The lowest BCUT2D eigenvalue weighted by atomic mass is 9.87. The number of aliphatic hydroxyl groups excluding tert-OH is 2. The third kappa shape index (κ3) is 7.35. The van der Waals surface area contributed by atoms with Crippen LogP contribution in [0.5, 0.6) is 11.5 Å². The highest BCUT2D eigenvalue weighted by Gasteiger charge is 2.41. The largest absolute Gasteiger partial charge is 0.493 e. The van der Waals surface area contributed by atoms with E-state index in [1.807, 2.05) is 29.5 Å². The van der Waals surface area contributed by atoms with Gasteiger partial charge in [-0.2, -0.15) is 0 Å². The van der Waals surface area contributed by atoms with E-state index in [0.717, 1.165) is 12.0 Å². The maximum atomic E-state index is 13.3. The van der Waals surface area contributed by atoms with Gasteiger partial charge in [-0.05, 0) is 53.3 Å². The molecular weight excluding hydrogens is 607 g/mol. The number of ether oxygens (including phenoxy) is 2. The maximum Gasteiger partial charge on any atom is 0.247 e. The number of hydrogen-bond acceptors (Lipinski definition) is 8. The van der Waals surface area contributed by atoms with Gasteiger partial charge in [0.1, 0.15) is 18.5 Å². The molecule has 0 aliphatic heterocycles. The van der Waals surface area contributed by atoms with E-state index in [4.69, 9.17) is 13.9 Å². The molecule has 0 fully saturated rings. The molecule has 3 rings (SSSR count). The minimum atomic E-state index is -1.19. The molecule has 1 aliphatic carbocycles. The topological polar surface area (TPSA) is 139 Å². The number of methoxy groups -OCH3 is 1. The van der Waals surface area contributed by atoms with Gasteiger partial charge in [-0.3, -0.25) is 14.4 Å². The van der Waals surface area contributed by atoms with Crippen molar-refractivity contribution in [3.8, 4) is 11.5 Å². The van der Waals surface area contributed by atoms with Crippen molar-refractivity contribution < 1.29 is 38.5 Å². The van der Waals surface area contributed by atoms with Gasteiger partial charge < -0.3 is 34.3 Å². The predicted octanol–water partition coefficient (Wildman–Crippen LogP) is 2.84. The van der Waals surface area contributed by atoms with Crippen LogP contribution in [0.2, 0.25) is 0 Å². The molecule has 3 unspecified atom stereocenters. The number of halogens is 1. The van der Waals surface area contributed by atoms with Crippen LogP contribution in [-0.2, 0) is 16.1 Å². The smallest absolute Gasteiger partial charge is 0.247 e. The molecule has 1 aromatic carbocycles. The summed E-state index contributed by atoms with van der Waals surface area (Å²) < 4.78 is 17.4. The fourth-order valence-electron chi connectivity index (χ4n) is 4.28. The zero-order valence-corrected chi connectivity index (χ0v) is 23.5. The van der Waals surface area contributed by atoms with Crippen molar-refractivity contribution in [2.24, 2.45) is 0 Å². The molecule has 10 nitrogen and oxygen atoms in total. The number of aldehydes is 1. The Labute approximate surface area is 235 Å². The number of carbonyl (C=O) groups excluding carboxylic acids is 3. The first-order valence-electron chi connectivity index (χ1n) is 12.4. The van der Waals surface area contributed by atoms with E-state index in [0.29, 0.717) is 38.9 Å². The van der Waals surface area contributed by atoms with E-state index < -0.39 is 24.2 Å². The van der Waals surface area contributed by atoms with Crippen molar-refractivity contribution in [2.45, 2.75) is 57.4 Å². The Morgan fingerprint density at radius 3 is 2.76 bits per heavy atom. The van der Waals surface area contributed by atoms with Crippen LogP contribution in [0.3, 0.4) is 0 Å². The number of aliphatic hydroxyl groups is 2. The van der Waals surface area contributed by atoms with Gasteiger partial charge in [0, 0.05) is 42.6 Å². The molecule has 38 heavy (non-hydrogen) atoms. The van der Waals surface area contributed by atoms with Gasteiger partial charge in [0.15, 0.2) is 11.5 Å². The molecule has 206 valence electrons. The molecule has 2 amide bonds. The highest BCUT2D eigenvalue weighted by molar-refractivity contribution is 14.1. The van der Waals surface area contributed by atoms with Crippen LogP contribution in [0, 0.1) is 3.57 Å². The molecule has 0 bridgehead atoms. The van der Waals surface area contributed by atoms with E-state index in [-0.39, 0.29) is 38.4 Å². The van der Waals surface area contributed by atoms with Crippen molar-refractivity contribution in [3.63, 3.8) is 0 Å². The van der Waals surface area contributed by atoms with Crippen molar-refractivity contribution in [2.75, 3.05) is 20.3 Å². The third-order valence-electron chi connectivity index (χ3n) is 6.25. The van der Waals surface area contributed by atoms with Gasteiger partial charge in [-0.1, -0.05) is 13.3 Å². The molecule has 3 atom stereocenters. The number of unbranched alkanes of at least 4 members (excludes halogenated alkanes) is 1. The van der Waals surface area contributed by atoms with Crippen molar-refractivity contribution in [3.05, 3.63) is 57.1 Å². The first-order valence-corrected chi connectivity index (χ1v) is 13.5. The average molecular weight is 640 g/mol. The number of amides is 2. The number of furan rings is 1. The maximum absolute atomic E-state index is 13.3. The standard InChI is InChI=1S/C27H33IN2O8/c1-3-4-5-24(33)30(14-17-6-9-37-16-17)21-12-19(27(35)29-7-8-31)13-22(25(21)34)38-26-20(28)10-18(15-32)11-23(26)36-2/h6,9-11,13,15-16,21-22,25,31,34H,3-5,7-8,12,14H2,1-2H3,(H,29,35). The lowest BCUT2D eigenvalue weighted by Gasteiger charge is -2.40. The van der Waals surface area contributed by atoms with Gasteiger partial charge in [-0.15, -0.1) is 0 Å². The fraction of sp³-hybridized carbons (Fsp3) is 0.444. The molecule has 0 radical (unpaired) electrons. The minimum Gasteiger partial charge on any atom is -0.493 e. The molecule has 2 aromatic rings. The molecule has 3 N–H and O–H groups in total. The Balaban J connectivity index is 2.01. The van der Waals surface area contributed by atoms with Crippen LogP contribution in [0.15, 0.2) is 46.8 Å². The van der Waals surface area contributed by atoms with Crippen LogP contribution >= 0.6 is 22.6 Å². The van der Waals surface area contributed by atoms with Crippen molar-refractivity contribution in [1.29, 1.82) is 0 Å². The monoisotopic (exact) mass is 640 g/mol. The van der Waals surface area contributed by atoms with Crippen LogP contribution in [0.25, 0.3) is 0 Å². The lowest BCUT2D eigenvalue weighted by Crippen LogP contribution is -2.54. The average Bonchev–Trinajstić information content (AvgIpc) is 3.44. The summed E-state index contributed by atoms with van der Waals surface area (Å²) in [5, 5.41) is 23.3. The number of nitrogens with zero attached hydrogens (tertiary/aromatic N) is 1. The van der Waals surface area contributed by atoms with Crippen LogP contribution in [0.1, 0.15) is 48.5 Å². The van der Waals surface area contributed by atoms with Crippen LogP contribution in [0.4, 0.5) is 0 Å². The summed E-state index contributed by atoms with van der Waals surface area (Å²) in [4.78, 5) is 39.2. The number of nitrogens with one attached hydrogen (secondary N) is 1. The minimum absolute atomic E-state index is 0.0575. The Morgan fingerprint density at radius 1 is 1.34 bits per heavy atom. The van der Waals surface area contributed by atoms with Gasteiger partial charge in [-0.25, -0.2) is 0 Å².